The monoisotopic (exact) mass is 369 g/mol. The van der Waals surface area contributed by atoms with E-state index in [9.17, 15) is 9.59 Å². The number of aromatic nitrogens is 1. The summed E-state index contributed by atoms with van der Waals surface area (Å²) >= 11 is 1.36. The number of carbonyl (C=O) groups excluding carboxylic acids is 1. The highest BCUT2D eigenvalue weighted by molar-refractivity contribution is 7.07. The number of nitrogens with one attached hydrogen (secondary N) is 1. The number of hydrogen-bond acceptors (Lipinski definition) is 5. The summed E-state index contributed by atoms with van der Waals surface area (Å²) in [5, 5.41) is 14.6. The van der Waals surface area contributed by atoms with E-state index in [1.165, 1.54) is 11.3 Å². The third kappa shape index (κ3) is 4.37. The summed E-state index contributed by atoms with van der Waals surface area (Å²) in [5.41, 5.74) is 4.27. The van der Waals surface area contributed by atoms with E-state index in [-0.39, 0.29) is 0 Å². The van der Waals surface area contributed by atoms with Crippen molar-refractivity contribution in [2.45, 2.75) is 6.54 Å². The minimum Gasteiger partial charge on any atom is -0.478 e. The second-order valence-corrected chi connectivity index (χ2v) is 6.03. The van der Waals surface area contributed by atoms with Crippen LogP contribution in [0.4, 0.5) is 0 Å². The van der Waals surface area contributed by atoms with Gasteiger partial charge in [0, 0.05) is 17.5 Å². The molecule has 0 unspecified atom stereocenters. The molecule has 3 aromatic rings. The Bertz CT molecular complexity index is 985. The molecule has 8 heteroatoms. The van der Waals surface area contributed by atoms with Gasteiger partial charge in [0.1, 0.15) is 5.76 Å². The molecule has 3 rings (SSSR count). The van der Waals surface area contributed by atoms with Gasteiger partial charge in [-0.25, -0.2) is 10.2 Å². The van der Waals surface area contributed by atoms with Gasteiger partial charge in [-0.15, -0.1) is 16.4 Å². The molecule has 26 heavy (non-hydrogen) atoms. The van der Waals surface area contributed by atoms with Gasteiger partial charge in [0.05, 0.1) is 18.5 Å². The lowest BCUT2D eigenvalue weighted by Crippen LogP contribution is -2.24. The van der Waals surface area contributed by atoms with Crippen molar-refractivity contribution in [1.29, 1.82) is 0 Å². The molecular formula is C18H15N3O4S. The Morgan fingerprint density at radius 2 is 2.00 bits per heavy atom. The van der Waals surface area contributed by atoms with Crippen molar-refractivity contribution in [3.8, 4) is 11.3 Å². The van der Waals surface area contributed by atoms with E-state index in [1.807, 2.05) is 46.3 Å². The summed E-state index contributed by atoms with van der Waals surface area (Å²) in [7, 11) is 0. The van der Waals surface area contributed by atoms with Crippen molar-refractivity contribution in [3.63, 3.8) is 0 Å². The van der Waals surface area contributed by atoms with Crippen molar-refractivity contribution in [2.24, 2.45) is 5.10 Å². The van der Waals surface area contributed by atoms with Crippen molar-refractivity contribution in [1.82, 2.24) is 9.99 Å². The molecule has 0 fully saturated rings. The van der Waals surface area contributed by atoms with Crippen molar-refractivity contribution >= 4 is 23.2 Å². The maximum Gasteiger partial charge on any atom is 0.328 e. The number of nitrogens with zero attached hydrogens (tertiary/aromatic N) is 2. The molecule has 2 N–H and O–H groups in total. The maximum atomic E-state index is 11.6. The Morgan fingerprint density at radius 3 is 2.69 bits per heavy atom. The zero-order chi connectivity index (χ0) is 18.4. The van der Waals surface area contributed by atoms with Crippen LogP contribution in [0.5, 0.6) is 0 Å². The van der Waals surface area contributed by atoms with E-state index < -0.39 is 11.9 Å². The van der Waals surface area contributed by atoms with Gasteiger partial charge in [-0.2, -0.15) is 0 Å². The second-order valence-electron chi connectivity index (χ2n) is 5.19. The van der Waals surface area contributed by atoms with Crippen LogP contribution in [0.15, 0.2) is 75.8 Å². The van der Waals surface area contributed by atoms with Crippen LogP contribution in [-0.2, 0) is 16.1 Å². The average Bonchev–Trinajstić information content (AvgIpc) is 3.29. The molecule has 1 amide bonds. The number of furan rings is 1. The van der Waals surface area contributed by atoms with Crippen LogP contribution in [0.1, 0.15) is 5.76 Å². The van der Waals surface area contributed by atoms with Gasteiger partial charge in [0.25, 0.3) is 5.91 Å². The van der Waals surface area contributed by atoms with E-state index in [2.05, 4.69) is 10.5 Å². The molecular weight excluding hydrogens is 354 g/mol. The summed E-state index contributed by atoms with van der Waals surface area (Å²) in [5.74, 6) is -1.07. The fourth-order valence-electron chi connectivity index (χ4n) is 2.26. The van der Waals surface area contributed by atoms with Crippen LogP contribution in [0.3, 0.4) is 0 Å². The largest absolute Gasteiger partial charge is 0.478 e. The van der Waals surface area contributed by atoms with Gasteiger partial charge in [-0.1, -0.05) is 30.3 Å². The number of carbonyl (C=O) groups is 2. The lowest BCUT2D eigenvalue weighted by atomic mass is 10.2. The molecule has 0 atom stereocenters. The third-order valence-electron chi connectivity index (χ3n) is 3.40. The molecule has 2 heterocycles. The summed E-state index contributed by atoms with van der Waals surface area (Å²) < 4.78 is 7.34. The average molecular weight is 369 g/mol. The summed E-state index contributed by atoms with van der Waals surface area (Å²) in [6.45, 7) is 0.445. The number of benzene rings is 1. The molecule has 7 nitrogen and oxygen atoms in total. The Morgan fingerprint density at radius 1 is 1.19 bits per heavy atom. The quantitative estimate of drug-likeness (QED) is 0.515. The topological polar surface area (TPSA) is 96.8 Å². The molecule has 0 bridgehead atoms. The third-order valence-corrected chi connectivity index (χ3v) is 4.26. The van der Waals surface area contributed by atoms with E-state index in [0.29, 0.717) is 11.3 Å². The first-order chi connectivity index (χ1) is 12.6. The number of hydrogen-bond donors (Lipinski definition) is 2. The van der Waals surface area contributed by atoms with Crippen LogP contribution in [0.2, 0.25) is 0 Å². The molecule has 132 valence electrons. The summed E-state index contributed by atoms with van der Waals surface area (Å²) in [4.78, 5) is 22.7. The van der Waals surface area contributed by atoms with E-state index in [1.54, 1.807) is 12.3 Å². The highest BCUT2D eigenvalue weighted by atomic mass is 32.1. The Labute approximate surface area is 152 Å². The number of carboxylic acid groups (broad SMARTS) is 1. The molecule has 0 spiro atoms. The van der Waals surface area contributed by atoms with Crippen LogP contribution >= 0.6 is 11.3 Å². The van der Waals surface area contributed by atoms with Crippen LogP contribution < -0.4 is 10.2 Å². The number of rotatable bonds is 6. The van der Waals surface area contributed by atoms with Crippen LogP contribution in [0.25, 0.3) is 11.3 Å². The predicted octanol–water partition coefficient (Wildman–Crippen LogP) is 2.43. The Kier molecular flexibility index (Phi) is 5.45. The molecule has 0 aliphatic rings. The van der Waals surface area contributed by atoms with Gasteiger partial charge in [-0.3, -0.25) is 4.79 Å². The van der Waals surface area contributed by atoms with Crippen molar-refractivity contribution in [3.05, 3.63) is 76.8 Å². The molecule has 0 saturated heterocycles. The highest BCUT2D eigenvalue weighted by Gasteiger charge is 2.10. The number of thiazole rings is 1. The number of carboxylic acids is 1. The van der Waals surface area contributed by atoms with Gasteiger partial charge < -0.3 is 14.1 Å². The molecule has 0 aliphatic carbocycles. The first-order valence-corrected chi connectivity index (χ1v) is 8.52. The zero-order valence-corrected chi connectivity index (χ0v) is 14.3. The predicted molar refractivity (Wildman–Crippen MR) is 96.0 cm³/mol. The number of amides is 1. The normalized spacial score (nSPS) is 11.8. The summed E-state index contributed by atoms with van der Waals surface area (Å²) in [6, 6.07) is 13.5. The van der Waals surface area contributed by atoms with Gasteiger partial charge in [-0.05, 0) is 17.7 Å². The number of aliphatic carboxylic acids is 1. The van der Waals surface area contributed by atoms with Crippen LogP contribution in [0, 0.1) is 0 Å². The zero-order valence-electron chi connectivity index (χ0n) is 13.5. The van der Waals surface area contributed by atoms with Gasteiger partial charge in [0.15, 0.2) is 0 Å². The van der Waals surface area contributed by atoms with Crippen molar-refractivity contribution < 1.29 is 19.1 Å². The fourth-order valence-corrected chi connectivity index (χ4v) is 3.13. The standard InChI is InChI=1S/C18H15N3O4S/c22-16(8-9-17(23)24)19-20-18-21(11-14-7-4-10-25-14)15(12-26-18)13-5-2-1-3-6-13/h1-10,12H,11H2,(H,19,22)(H,23,24)/b9-8-,20-18-. The fraction of sp³-hybridized carbons (Fsp3) is 0.0556. The minimum absolute atomic E-state index is 0.445. The molecule has 0 aliphatic heterocycles. The smallest absolute Gasteiger partial charge is 0.328 e. The van der Waals surface area contributed by atoms with E-state index in [4.69, 9.17) is 9.52 Å². The molecule has 0 radical (unpaired) electrons. The molecule has 1 aromatic carbocycles. The van der Waals surface area contributed by atoms with E-state index >= 15 is 0 Å². The second kappa shape index (κ2) is 8.13. The Balaban J connectivity index is 1.94. The highest BCUT2D eigenvalue weighted by Crippen LogP contribution is 2.20. The first kappa shape index (κ1) is 17.4. The Hall–Kier alpha value is -3.39. The van der Waals surface area contributed by atoms with Crippen molar-refractivity contribution in [2.75, 3.05) is 0 Å². The van der Waals surface area contributed by atoms with E-state index in [0.717, 1.165) is 29.2 Å². The molecule has 0 saturated carbocycles. The lowest BCUT2D eigenvalue weighted by molar-refractivity contribution is -0.131. The minimum atomic E-state index is -1.20. The van der Waals surface area contributed by atoms with Gasteiger partial charge in [0.2, 0.25) is 4.80 Å². The summed E-state index contributed by atoms with van der Waals surface area (Å²) in [6.07, 6.45) is 3.26. The van der Waals surface area contributed by atoms with Gasteiger partial charge >= 0.3 is 5.97 Å². The SMILES string of the molecule is O=C(O)/C=C\C(=O)N/N=c1\scc(-c2ccccc2)n1Cc1ccco1. The first-order valence-electron chi connectivity index (χ1n) is 7.64. The lowest BCUT2D eigenvalue weighted by Gasteiger charge is -2.07. The van der Waals surface area contributed by atoms with Crippen LogP contribution in [-0.4, -0.2) is 21.6 Å². The maximum absolute atomic E-state index is 11.6. The molecule has 2 aromatic heterocycles.